The molecule has 1 amide bonds. The Kier molecular flexibility index (Phi) is 3.84. The van der Waals surface area contributed by atoms with Crippen molar-refractivity contribution in [3.63, 3.8) is 0 Å². The van der Waals surface area contributed by atoms with Crippen molar-refractivity contribution < 1.29 is 4.79 Å². The fourth-order valence-electron chi connectivity index (χ4n) is 1.04. The van der Waals surface area contributed by atoms with E-state index in [0.29, 0.717) is 10.6 Å². The molecule has 4 heteroatoms. The third-order valence-corrected chi connectivity index (χ3v) is 2.85. The summed E-state index contributed by atoms with van der Waals surface area (Å²) in [6, 6.07) is 5.47. The molecule has 0 saturated carbocycles. The molecule has 0 aliphatic heterocycles. The highest BCUT2D eigenvalue weighted by Crippen LogP contribution is 2.23. The molecule has 0 aliphatic carbocycles. The lowest BCUT2D eigenvalue weighted by Gasteiger charge is -2.11. The van der Waals surface area contributed by atoms with Crippen molar-refractivity contribution in [2.24, 2.45) is 0 Å². The third kappa shape index (κ3) is 2.42. The van der Waals surface area contributed by atoms with Gasteiger partial charge < -0.3 is 4.90 Å². The van der Waals surface area contributed by atoms with Gasteiger partial charge in [0.15, 0.2) is 0 Å². The zero-order valence-corrected chi connectivity index (χ0v) is 9.95. The third-order valence-electron chi connectivity index (χ3n) is 1.81. The Bertz CT molecular complexity index is 352. The molecule has 0 heterocycles. The van der Waals surface area contributed by atoms with E-state index in [4.69, 9.17) is 11.6 Å². The molecule has 76 valence electrons. The molecule has 0 aromatic heterocycles. The van der Waals surface area contributed by atoms with Crippen LogP contribution in [-0.4, -0.2) is 31.2 Å². The second kappa shape index (κ2) is 4.71. The molecule has 0 spiro atoms. The van der Waals surface area contributed by atoms with E-state index < -0.39 is 0 Å². The van der Waals surface area contributed by atoms with E-state index in [-0.39, 0.29) is 5.91 Å². The number of hydrogen-bond donors (Lipinski definition) is 0. The number of rotatable bonds is 2. The fourth-order valence-corrected chi connectivity index (χ4v) is 1.80. The SMILES string of the molecule is CSc1ccc(C(=O)N(C)C)c(Cl)c1. The van der Waals surface area contributed by atoms with Gasteiger partial charge in [0, 0.05) is 19.0 Å². The average Bonchev–Trinajstić information content (AvgIpc) is 2.16. The minimum absolute atomic E-state index is 0.0670. The summed E-state index contributed by atoms with van der Waals surface area (Å²) in [5.41, 5.74) is 0.550. The van der Waals surface area contributed by atoms with Crippen LogP contribution in [0.2, 0.25) is 5.02 Å². The lowest BCUT2D eigenvalue weighted by molar-refractivity contribution is 0.0827. The number of carbonyl (C=O) groups is 1. The number of nitrogens with zero attached hydrogens (tertiary/aromatic N) is 1. The second-order valence-corrected chi connectivity index (χ2v) is 4.33. The Morgan fingerprint density at radius 2 is 2.07 bits per heavy atom. The van der Waals surface area contributed by atoms with Crippen LogP contribution in [0.3, 0.4) is 0 Å². The summed E-state index contributed by atoms with van der Waals surface area (Å²) in [4.78, 5) is 14.2. The van der Waals surface area contributed by atoms with Gasteiger partial charge in [0.05, 0.1) is 10.6 Å². The minimum Gasteiger partial charge on any atom is -0.345 e. The topological polar surface area (TPSA) is 20.3 Å². The lowest BCUT2D eigenvalue weighted by atomic mass is 10.2. The molecule has 0 atom stereocenters. The van der Waals surface area contributed by atoms with E-state index in [1.807, 2.05) is 18.4 Å². The molecule has 0 bridgehead atoms. The molecule has 0 N–H and O–H groups in total. The van der Waals surface area contributed by atoms with Gasteiger partial charge in [0.1, 0.15) is 0 Å². The Hall–Kier alpha value is -0.670. The number of thioether (sulfide) groups is 1. The quantitative estimate of drug-likeness (QED) is 0.727. The van der Waals surface area contributed by atoms with Crippen molar-refractivity contribution >= 4 is 29.3 Å². The van der Waals surface area contributed by atoms with Crippen molar-refractivity contribution in [2.75, 3.05) is 20.4 Å². The molecular weight excluding hydrogens is 218 g/mol. The maximum absolute atomic E-state index is 11.6. The predicted octanol–water partition coefficient (Wildman–Crippen LogP) is 2.76. The van der Waals surface area contributed by atoms with Gasteiger partial charge in [-0.25, -0.2) is 0 Å². The Balaban J connectivity index is 3.06. The van der Waals surface area contributed by atoms with Crippen molar-refractivity contribution in [1.29, 1.82) is 0 Å². The van der Waals surface area contributed by atoms with Crippen LogP contribution in [-0.2, 0) is 0 Å². The maximum Gasteiger partial charge on any atom is 0.254 e. The number of carbonyl (C=O) groups excluding carboxylic acids is 1. The van der Waals surface area contributed by atoms with Gasteiger partial charge in [0.2, 0.25) is 0 Å². The van der Waals surface area contributed by atoms with Crippen LogP contribution < -0.4 is 0 Å². The summed E-state index contributed by atoms with van der Waals surface area (Å²) in [7, 11) is 3.42. The molecular formula is C10H12ClNOS. The number of benzene rings is 1. The van der Waals surface area contributed by atoms with Crippen LogP contribution in [0.5, 0.6) is 0 Å². The molecule has 1 aromatic carbocycles. The van der Waals surface area contributed by atoms with Crippen molar-refractivity contribution in [1.82, 2.24) is 4.90 Å². The zero-order valence-electron chi connectivity index (χ0n) is 8.37. The molecule has 0 fully saturated rings. The van der Waals surface area contributed by atoms with E-state index in [1.165, 1.54) is 4.90 Å². The van der Waals surface area contributed by atoms with Gasteiger partial charge in [-0.1, -0.05) is 11.6 Å². The molecule has 1 aromatic rings. The van der Waals surface area contributed by atoms with Gasteiger partial charge in [-0.2, -0.15) is 0 Å². The molecule has 14 heavy (non-hydrogen) atoms. The molecule has 2 nitrogen and oxygen atoms in total. The van der Waals surface area contributed by atoms with Crippen LogP contribution >= 0.6 is 23.4 Å². The summed E-state index contributed by atoms with van der Waals surface area (Å²) in [5.74, 6) is -0.0670. The Morgan fingerprint density at radius 3 is 2.50 bits per heavy atom. The number of amides is 1. The van der Waals surface area contributed by atoms with Gasteiger partial charge in [-0.15, -0.1) is 11.8 Å². The molecule has 0 unspecified atom stereocenters. The van der Waals surface area contributed by atoms with Crippen LogP contribution in [0, 0.1) is 0 Å². The Morgan fingerprint density at radius 1 is 1.43 bits per heavy atom. The highest BCUT2D eigenvalue weighted by Gasteiger charge is 2.11. The normalized spacial score (nSPS) is 10.0. The van der Waals surface area contributed by atoms with Crippen molar-refractivity contribution in [3.05, 3.63) is 28.8 Å². The predicted molar refractivity (Wildman–Crippen MR) is 61.3 cm³/mol. The van der Waals surface area contributed by atoms with Crippen molar-refractivity contribution in [2.45, 2.75) is 4.90 Å². The van der Waals surface area contributed by atoms with E-state index >= 15 is 0 Å². The lowest BCUT2D eigenvalue weighted by Crippen LogP contribution is -2.21. The smallest absolute Gasteiger partial charge is 0.254 e. The number of hydrogen-bond acceptors (Lipinski definition) is 2. The van der Waals surface area contributed by atoms with Gasteiger partial charge in [0.25, 0.3) is 5.91 Å². The first kappa shape index (κ1) is 11.4. The minimum atomic E-state index is -0.0670. The van der Waals surface area contributed by atoms with Gasteiger partial charge in [-0.3, -0.25) is 4.79 Å². The highest BCUT2D eigenvalue weighted by molar-refractivity contribution is 7.98. The first-order valence-corrected chi connectivity index (χ1v) is 5.71. The monoisotopic (exact) mass is 229 g/mol. The summed E-state index contributed by atoms with van der Waals surface area (Å²) < 4.78 is 0. The van der Waals surface area contributed by atoms with E-state index in [2.05, 4.69) is 0 Å². The van der Waals surface area contributed by atoms with E-state index in [9.17, 15) is 4.79 Å². The summed E-state index contributed by atoms with van der Waals surface area (Å²) in [6.07, 6.45) is 1.97. The summed E-state index contributed by atoms with van der Waals surface area (Å²) in [5, 5.41) is 0.510. The fraction of sp³-hybridized carbons (Fsp3) is 0.300. The van der Waals surface area contributed by atoms with Crippen LogP contribution in [0.15, 0.2) is 23.1 Å². The van der Waals surface area contributed by atoms with Crippen LogP contribution in [0.4, 0.5) is 0 Å². The first-order chi connectivity index (χ1) is 6.56. The van der Waals surface area contributed by atoms with Gasteiger partial charge in [-0.05, 0) is 24.5 Å². The first-order valence-electron chi connectivity index (χ1n) is 4.11. The van der Waals surface area contributed by atoms with Crippen molar-refractivity contribution in [3.8, 4) is 0 Å². The zero-order chi connectivity index (χ0) is 10.7. The van der Waals surface area contributed by atoms with Gasteiger partial charge >= 0.3 is 0 Å². The van der Waals surface area contributed by atoms with E-state index in [0.717, 1.165) is 4.90 Å². The summed E-state index contributed by atoms with van der Waals surface area (Å²) >= 11 is 7.59. The van der Waals surface area contributed by atoms with E-state index in [1.54, 1.807) is 31.9 Å². The molecule has 0 radical (unpaired) electrons. The maximum atomic E-state index is 11.6. The number of halogens is 1. The van der Waals surface area contributed by atoms with Crippen LogP contribution in [0.1, 0.15) is 10.4 Å². The molecule has 0 saturated heterocycles. The van der Waals surface area contributed by atoms with Crippen LogP contribution in [0.25, 0.3) is 0 Å². The Labute approximate surface area is 93.2 Å². The largest absolute Gasteiger partial charge is 0.345 e. The second-order valence-electron chi connectivity index (χ2n) is 3.05. The summed E-state index contributed by atoms with van der Waals surface area (Å²) in [6.45, 7) is 0. The standard InChI is InChI=1S/C10H12ClNOS/c1-12(2)10(13)8-5-4-7(14-3)6-9(8)11/h4-6H,1-3H3. The molecule has 1 rings (SSSR count). The highest BCUT2D eigenvalue weighted by atomic mass is 35.5. The average molecular weight is 230 g/mol. The molecule has 0 aliphatic rings.